The van der Waals surface area contributed by atoms with E-state index in [-0.39, 0.29) is 12.1 Å². The van der Waals surface area contributed by atoms with Gasteiger partial charge < -0.3 is 15.4 Å². The van der Waals surface area contributed by atoms with Crippen molar-refractivity contribution < 1.29 is 9.53 Å². The first-order valence-corrected chi connectivity index (χ1v) is 6.60. The SMILES string of the molecule is CC(C)(C)OC(=O)N1C[C@H]2CCC[C@@H](N)[C@H]2C1. The summed E-state index contributed by atoms with van der Waals surface area (Å²) in [6, 6.07) is 0.265. The zero-order valence-electron chi connectivity index (χ0n) is 11.1. The van der Waals surface area contributed by atoms with Gasteiger partial charge in [0.2, 0.25) is 0 Å². The van der Waals surface area contributed by atoms with Crippen LogP contribution in [0.5, 0.6) is 0 Å². The lowest BCUT2D eigenvalue weighted by Gasteiger charge is -2.29. The van der Waals surface area contributed by atoms with E-state index >= 15 is 0 Å². The van der Waals surface area contributed by atoms with E-state index in [2.05, 4.69) is 0 Å². The Bertz CT molecular complexity index is 298. The van der Waals surface area contributed by atoms with E-state index in [1.807, 2.05) is 25.7 Å². The standard InChI is InChI=1S/C13H24N2O2/c1-13(2,3)17-12(16)15-7-9-5-4-6-11(14)10(9)8-15/h9-11H,4-8,14H2,1-3H3/t9-,10+,11-/m1/s1. The van der Waals surface area contributed by atoms with Crippen molar-refractivity contribution in [1.29, 1.82) is 0 Å². The van der Waals surface area contributed by atoms with Gasteiger partial charge in [-0.05, 0) is 45.4 Å². The molecule has 1 saturated carbocycles. The van der Waals surface area contributed by atoms with Crippen LogP contribution < -0.4 is 5.73 Å². The van der Waals surface area contributed by atoms with Crippen molar-refractivity contribution in [3.05, 3.63) is 0 Å². The van der Waals surface area contributed by atoms with Crippen molar-refractivity contribution >= 4 is 6.09 Å². The molecule has 0 unspecified atom stereocenters. The number of ether oxygens (including phenoxy) is 1. The molecule has 1 amide bonds. The van der Waals surface area contributed by atoms with Crippen LogP contribution in [-0.4, -0.2) is 35.7 Å². The lowest BCUT2D eigenvalue weighted by molar-refractivity contribution is 0.0283. The zero-order valence-corrected chi connectivity index (χ0v) is 11.1. The second-order valence-corrected chi connectivity index (χ2v) is 6.40. The summed E-state index contributed by atoms with van der Waals surface area (Å²) in [6.07, 6.45) is 3.32. The largest absolute Gasteiger partial charge is 0.444 e. The summed E-state index contributed by atoms with van der Waals surface area (Å²) < 4.78 is 5.41. The Morgan fingerprint density at radius 1 is 1.29 bits per heavy atom. The molecular formula is C13H24N2O2. The number of carbonyl (C=O) groups is 1. The molecule has 1 saturated heterocycles. The maximum Gasteiger partial charge on any atom is 0.410 e. The maximum absolute atomic E-state index is 12.0. The van der Waals surface area contributed by atoms with Gasteiger partial charge in [-0.3, -0.25) is 0 Å². The number of nitrogens with zero attached hydrogens (tertiary/aromatic N) is 1. The monoisotopic (exact) mass is 240 g/mol. The third-order valence-electron chi connectivity index (χ3n) is 3.81. The quantitative estimate of drug-likeness (QED) is 0.704. The summed E-state index contributed by atoms with van der Waals surface area (Å²) in [5, 5.41) is 0. The highest BCUT2D eigenvalue weighted by atomic mass is 16.6. The molecule has 0 bridgehead atoms. The third-order valence-corrected chi connectivity index (χ3v) is 3.81. The summed E-state index contributed by atoms with van der Waals surface area (Å²) in [5.41, 5.74) is 5.72. The Balaban J connectivity index is 1.95. The lowest BCUT2D eigenvalue weighted by Crippen LogP contribution is -2.39. The minimum Gasteiger partial charge on any atom is -0.444 e. The fraction of sp³-hybridized carbons (Fsp3) is 0.923. The van der Waals surface area contributed by atoms with Gasteiger partial charge in [0, 0.05) is 19.1 Å². The molecule has 0 spiro atoms. The number of rotatable bonds is 0. The summed E-state index contributed by atoms with van der Waals surface area (Å²) in [5.74, 6) is 1.07. The molecule has 1 heterocycles. The first kappa shape index (κ1) is 12.7. The highest BCUT2D eigenvalue weighted by Crippen LogP contribution is 2.35. The van der Waals surface area contributed by atoms with Gasteiger partial charge in [-0.25, -0.2) is 4.79 Å². The van der Waals surface area contributed by atoms with Crippen molar-refractivity contribution in [3.63, 3.8) is 0 Å². The molecule has 2 rings (SSSR count). The average molecular weight is 240 g/mol. The van der Waals surface area contributed by atoms with E-state index in [0.29, 0.717) is 11.8 Å². The zero-order chi connectivity index (χ0) is 12.6. The fourth-order valence-electron chi connectivity index (χ4n) is 2.99. The molecule has 17 heavy (non-hydrogen) atoms. The number of nitrogens with two attached hydrogens (primary N) is 1. The number of fused-ring (bicyclic) bond motifs is 1. The average Bonchev–Trinajstić information content (AvgIpc) is 2.60. The Labute approximate surface area is 103 Å². The molecular weight excluding hydrogens is 216 g/mol. The number of hydrogen-bond acceptors (Lipinski definition) is 3. The van der Waals surface area contributed by atoms with Gasteiger partial charge in [0.05, 0.1) is 0 Å². The van der Waals surface area contributed by atoms with Gasteiger partial charge in [0.1, 0.15) is 5.60 Å². The highest BCUT2D eigenvalue weighted by Gasteiger charge is 2.41. The second-order valence-electron chi connectivity index (χ2n) is 6.40. The molecule has 0 aromatic carbocycles. The Morgan fingerprint density at radius 3 is 2.59 bits per heavy atom. The normalized spacial score (nSPS) is 33.4. The molecule has 3 atom stereocenters. The third kappa shape index (κ3) is 2.92. The minimum atomic E-state index is -0.410. The van der Waals surface area contributed by atoms with Crippen LogP contribution in [0, 0.1) is 11.8 Å². The number of amides is 1. The molecule has 4 heteroatoms. The van der Waals surface area contributed by atoms with E-state index in [9.17, 15) is 4.79 Å². The number of hydrogen-bond donors (Lipinski definition) is 1. The van der Waals surface area contributed by atoms with Crippen LogP contribution in [0.3, 0.4) is 0 Å². The van der Waals surface area contributed by atoms with Crippen LogP contribution in [0.25, 0.3) is 0 Å². The smallest absolute Gasteiger partial charge is 0.410 e. The summed E-state index contributed by atoms with van der Waals surface area (Å²) >= 11 is 0. The van der Waals surface area contributed by atoms with Crippen LogP contribution in [0.15, 0.2) is 0 Å². The fourth-order valence-corrected chi connectivity index (χ4v) is 2.99. The predicted octanol–water partition coefficient (Wildman–Crippen LogP) is 1.98. The molecule has 2 aliphatic rings. The van der Waals surface area contributed by atoms with Crippen molar-refractivity contribution in [2.45, 2.75) is 51.7 Å². The number of likely N-dealkylation sites (tertiary alicyclic amines) is 1. The molecule has 98 valence electrons. The van der Waals surface area contributed by atoms with E-state index < -0.39 is 5.60 Å². The molecule has 1 aliphatic heterocycles. The van der Waals surface area contributed by atoms with Gasteiger partial charge in [0.15, 0.2) is 0 Å². The first-order valence-electron chi connectivity index (χ1n) is 6.60. The molecule has 4 nitrogen and oxygen atoms in total. The summed E-state index contributed by atoms with van der Waals surface area (Å²) in [4.78, 5) is 13.8. The second kappa shape index (κ2) is 4.48. The van der Waals surface area contributed by atoms with Crippen LogP contribution in [0.2, 0.25) is 0 Å². The van der Waals surface area contributed by atoms with Crippen LogP contribution in [-0.2, 0) is 4.74 Å². The van der Waals surface area contributed by atoms with Crippen molar-refractivity contribution in [1.82, 2.24) is 4.90 Å². The van der Waals surface area contributed by atoms with E-state index in [1.165, 1.54) is 12.8 Å². The Kier molecular flexibility index (Phi) is 3.34. The highest BCUT2D eigenvalue weighted by molar-refractivity contribution is 5.68. The minimum absolute atomic E-state index is 0.181. The lowest BCUT2D eigenvalue weighted by atomic mass is 9.78. The first-order chi connectivity index (χ1) is 7.87. The summed E-state index contributed by atoms with van der Waals surface area (Å²) in [7, 11) is 0. The van der Waals surface area contributed by atoms with Crippen LogP contribution in [0.1, 0.15) is 40.0 Å². The van der Waals surface area contributed by atoms with Crippen molar-refractivity contribution in [2.75, 3.05) is 13.1 Å². The van der Waals surface area contributed by atoms with Gasteiger partial charge in [-0.1, -0.05) is 6.42 Å². The molecule has 0 aromatic rings. The molecule has 2 N–H and O–H groups in total. The number of carbonyl (C=O) groups excluding carboxylic acids is 1. The Morgan fingerprint density at radius 2 is 2.00 bits per heavy atom. The van der Waals surface area contributed by atoms with Gasteiger partial charge in [0.25, 0.3) is 0 Å². The van der Waals surface area contributed by atoms with Gasteiger partial charge in [-0.2, -0.15) is 0 Å². The topological polar surface area (TPSA) is 55.6 Å². The molecule has 0 aromatic heterocycles. The predicted molar refractivity (Wildman–Crippen MR) is 66.6 cm³/mol. The molecule has 0 radical (unpaired) electrons. The van der Waals surface area contributed by atoms with Crippen molar-refractivity contribution in [2.24, 2.45) is 17.6 Å². The van der Waals surface area contributed by atoms with Crippen LogP contribution in [0.4, 0.5) is 4.79 Å². The Hall–Kier alpha value is -0.770. The van der Waals surface area contributed by atoms with Gasteiger partial charge in [-0.15, -0.1) is 0 Å². The van der Waals surface area contributed by atoms with Gasteiger partial charge >= 0.3 is 6.09 Å². The van der Waals surface area contributed by atoms with E-state index in [0.717, 1.165) is 19.5 Å². The summed E-state index contributed by atoms with van der Waals surface area (Å²) in [6.45, 7) is 7.31. The van der Waals surface area contributed by atoms with Crippen molar-refractivity contribution in [3.8, 4) is 0 Å². The van der Waals surface area contributed by atoms with E-state index in [4.69, 9.17) is 10.5 Å². The maximum atomic E-state index is 12.0. The van der Waals surface area contributed by atoms with E-state index in [1.54, 1.807) is 0 Å². The molecule has 1 aliphatic carbocycles. The molecule has 2 fully saturated rings. The van der Waals surface area contributed by atoms with Crippen LogP contribution >= 0.6 is 0 Å².